The van der Waals surface area contributed by atoms with Crippen LogP contribution in [0.2, 0.25) is 0 Å². The Hall–Kier alpha value is -0.370. The maximum atomic E-state index is 11.6. The van der Waals surface area contributed by atoms with Crippen molar-refractivity contribution < 1.29 is 9.90 Å². The van der Waals surface area contributed by atoms with Crippen molar-refractivity contribution in [1.29, 1.82) is 0 Å². The van der Waals surface area contributed by atoms with Crippen LogP contribution >= 0.6 is 0 Å². The van der Waals surface area contributed by atoms with Gasteiger partial charge in [-0.1, -0.05) is 26.2 Å². The van der Waals surface area contributed by atoms with E-state index in [0.717, 1.165) is 50.9 Å². The van der Waals surface area contributed by atoms with Crippen LogP contribution < -0.4 is 0 Å². The zero-order valence-electron chi connectivity index (χ0n) is 9.87. The second kappa shape index (κ2) is 7.00. The molecule has 0 spiro atoms. The van der Waals surface area contributed by atoms with E-state index in [-0.39, 0.29) is 0 Å². The number of aliphatic hydroxyl groups excluding tert-OH is 1. The molecule has 2 unspecified atom stereocenters. The molecule has 1 fully saturated rings. The third-order valence-electron chi connectivity index (χ3n) is 3.49. The molecule has 1 aliphatic carbocycles. The summed E-state index contributed by atoms with van der Waals surface area (Å²) in [6.45, 7) is 2.56. The van der Waals surface area contributed by atoms with E-state index in [0.29, 0.717) is 18.3 Å². The van der Waals surface area contributed by atoms with Crippen LogP contribution in [-0.4, -0.2) is 17.5 Å². The molecule has 2 heteroatoms. The summed E-state index contributed by atoms with van der Waals surface area (Å²) in [7, 11) is 0. The predicted octanol–water partition coefficient (Wildman–Crippen LogP) is 2.93. The maximum Gasteiger partial charge on any atom is 0.135 e. The van der Waals surface area contributed by atoms with Crippen molar-refractivity contribution in [2.75, 3.05) is 6.61 Å². The molecule has 0 aromatic heterocycles. The van der Waals surface area contributed by atoms with Crippen LogP contribution in [-0.2, 0) is 4.79 Å². The fraction of sp³-hybridized carbons (Fsp3) is 0.923. The highest BCUT2D eigenvalue weighted by Gasteiger charge is 2.25. The first-order valence-corrected chi connectivity index (χ1v) is 6.37. The van der Waals surface area contributed by atoms with Gasteiger partial charge in [0, 0.05) is 18.9 Å². The fourth-order valence-electron chi connectivity index (χ4n) is 2.46. The lowest BCUT2D eigenvalue weighted by Crippen LogP contribution is -2.23. The van der Waals surface area contributed by atoms with Crippen molar-refractivity contribution in [3.8, 4) is 0 Å². The molecule has 1 rings (SSSR count). The van der Waals surface area contributed by atoms with Gasteiger partial charge in [-0.15, -0.1) is 0 Å². The molecule has 1 saturated carbocycles. The molecular formula is C13H24O2. The Labute approximate surface area is 93.1 Å². The van der Waals surface area contributed by atoms with Gasteiger partial charge in [0.05, 0.1) is 0 Å². The van der Waals surface area contributed by atoms with Crippen LogP contribution in [0.4, 0.5) is 0 Å². The monoisotopic (exact) mass is 212 g/mol. The number of ketones is 1. The molecule has 88 valence electrons. The molecule has 1 N–H and O–H groups in total. The van der Waals surface area contributed by atoms with Gasteiger partial charge in [-0.05, 0) is 31.6 Å². The van der Waals surface area contributed by atoms with Crippen LogP contribution in [0.3, 0.4) is 0 Å². The van der Waals surface area contributed by atoms with E-state index in [9.17, 15) is 4.79 Å². The van der Waals surface area contributed by atoms with Gasteiger partial charge in [0.1, 0.15) is 5.78 Å². The molecule has 0 heterocycles. The SMILES string of the molecule is CC1CCC(=O)C(CCCCCCO)C1. The predicted molar refractivity (Wildman–Crippen MR) is 61.7 cm³/mol. The number of carbonyl (C=O) groups excluding carboxylic acids is 1. The fourth-order valence-corrected chi connectivity index (χ4v) is 2.46. The Bertz CT molecular complexity index is 189. The van der Waals surface area contributed by atoms with Crippen molar-refractivity contribution in [3.63, 3.8) is 0 Å². The summed E-state index contributed by atoms with van der Waals surface area (Å²) < 4.78 is 0. The van der Waals surface area contributed by atoms with E-state index < -0.39 is 0 Å². The standard InChI is InChI=1S/C13H24O2/c1-11-7-8-13(15)12(10-11)6-4-2-3-5-9-14/h11-12,14H,2-10H2,1H3. The molecule has 0 aromatic carbocycles. The molecule has 15 heavy (non-hydrogen) atoms. The van der Waals surface area contributed by atoms with Crippen LogP contribution in [0, 0.1) is 11.8 Å². The quantitative estimate of drug-likeness (QED) is 0.687. The van der Waals surface area contributed by atoms with Gasteiger partial charge in [0.2, 0.25) is 0 Å². The first kappa shape index (κ1) is 12.7. The maximum absolute atomic E-state index is 11.6. The van der Waals surface area contributed by atoms with Gasteiger partial charge in [-0.3, -0.25) is 4.79 Å². The Morgan fingerprint density at radius 3 is 2.73 bits per heavy atom. The average Bonchev–Trinajstić information content (AvgIpc) is 2.23. The first-order chi connectivity index (χ1) is 7.24. The third-order valence-corrected chi connectivity index (χ3v) is 3.49. The van der Waals surface area contributed by atoms with Gasteiger partial charge >= 0.3 is 0 Å². The number of aliphatic hydroxyl groups is 1. The lowest BCUT2D eigenvalue weighted by atomic mass is 9.79. The number of hydrogen-bond acceptors (Lipinski definition) is 2. The largest absolute Gasteiger partial charge is 0.396 e. The highest BCUT2D eigenvalue weighted by Crippen LogP contribution is 2.29. The Morgan fingerprint density at radius 2 is 2.00 bits per heavy atom. The summed E-state index contributed by atoms with van der Waals surface area (Å²) in [5.74, 6) is 1.59. The summed E-state index contributed by atoms with van der Waals surface area (Å²) in [6.07, 6.45) is 8.43. The summed E-state index contributed by atoms with van der Waals surface area (Å²) in [5, 5.41) is 8.64. The van der Waals surface area contributed by atoms with E-state index in [1.165, 1.54) is 6.42 Å². The van der Waals surface area contributed by atoms with Crippen LogP contribution in [0.5, 0.6) is 0 Å². The topological polar surface area (TPSA) is 37.3 Å². The lowest BCUT2D eigenvalue weighted by molar-refractivity contribution is -0.125. The van der Waals surface area contributed by atoms with E-state index in [1.54, 1.807) is 0 Å². The molecule has 2 nitrogen and oxygen atoms in total. The molecule has 0 aromatic rings. The smallest absolute Gasteiger partial charge is 0.135 e. The first-order valence-electron chi connectivity index (χ1n) is 6.37. The highest BCUT2D eigenvalue weighted by molar-refractivity contribution is 5.81. The molecule has 0 saturated heterocycles. The highest BCUT2D eigenvalue weighted by atomic mass is 16.2. The summed E-state index contributed by atoms with van der Waals surface area (Å²) in [5.41, 5.74) is 0. The molecule has 1 aliphatic rings. The number of unbranched alkanes of at least 4 members (excludes halogenated alkanes) is 3. The summed E-state index contributed by atoms with van der Waals surface area (Å²) >= 11 is 0. The Kier molecular flexibility index (Phi) is 5.92. The molecule has 0 amide bonds. The van der Waals surface area contributed by atoms with Gasteiger partial charge in [0.25, 0.3) is 0 Å². The van der Waals surface area contributed by atoms with Gasteiger partial charge < -0.3 is 5.11 Å². The summed E-state index contributed by atoms with van der Waals surface area (Å²) in [4.78, 5) is 11.6. The number of hydrogen-bond donors (Lipinski definition) is 1. The van der Waals surface area contributed by atoms with Gasteiger partial charge in [-0.2, -0.15) is 0 Å². The minimum Gasteiger partial charge on any atom is -0.396 e. The lowest BCUT2D eigenvalue weighted by Gasteiger charge is -2.25. The van der Waals surface area contributed by atoms with Crippen molar-refractivity contribution in [2.45, 2.75) is 58.3 Å². The van der Waals surface area contributed by atoms with E-state index in [2.05, 4.69) is 6.92 Å². The molecule has 0 aliphatic heterocycles. The Morgan fingerprint density at radius 1 is 1.27 bits per heavy atom. The zero-order valence-corrected chi connectivity index (χ0v) is 9.87. The minimum absolute atomic E-state index is 0.305. The zero-order chi connectivity index (χ0) is 11.1. The minimum atomic E-state index is 0.305. The summed E-state index contributed by atoms with van der Waals surface area (Å²) in [6, 6.07) is 0. The van der Waals surface area contributed by atoms with Crippen LogP contribution in [0.15, 0.2) is 0 Å². The van der Waals surface area contributed by atoms with Crippen molar-refractivity contribution in [2.24, 2.45) is 11.8 Å². The molecular weight excluding hydrogens is 188 g/mol. The number of Topliss-reactive ketones (excluding diaryl/α,β-unsaturated/α-hetero) is 1. The second-order valence-corrected chi connectivity index (χ2v) is 4.97. The van der Waals surface area contributed by atoms with E-state index in [4.69, 9.17) is 5.11 Å². The van der Waals surface area contributed by atoms with Crippen LogP contribution in [0.25, 0.3) is 0 Å². The van der Waals surface area contributed by atoms with E-state index >= 15 is 0 Å². The van der Waals surface area contributed by atoms with Crippen molar-refractivity contribution in [1.82, 2.24) is 0 Å². The molecule has 0 bridgehead atoms. The van der Waals surface area contributed by atoms with Crippen molar-refractivity contribution >= 4 is 5.78 Å². The number of carbonyl (C=O) groups is 1. The van der Waals surface area contributed by atoms with Crippen LogP contribution in [0.1, 0.15) is 58.3 Å². The van der Waals surface area contributed by atoms with E-state index in [1.807, 2.05) is 0 Å². The normalized spacial score (nSPS) is 26.9. The number of rotatable bonds is 6. The van der Waals surface area contributed by atoms with Gasteiger partial charge in [-0.25, -0.2) is 0 Å². The second-order valence-electron chi connectivity index (χ2n) is 4.97. The molecule has 2 atom stereocenters. The van der Waals surface area contributed by atoms with Gasteiger partial charge in [0.15, 0.2) is 0 Å². The molecule has 0 radical (unpaired) electrons. The average molecular weight is 212 g/mol. The van der Waals surface area contributed by atoms with Crippen molar-refractivity contribution in [3.05, 3.63) is 0 Å². The Balaban J connectivity index is 2.11. The third kappa shape index (κ3) is 4.78.